The molecule has 0 radical (unpaired) electrons. The summed E-state index contributed by atoms with van der Waals surface area (Å²) in [5.41, 5.74) is 8.56. The molecular formula is C13H10ClNS. The third-order valence-corrected chi connectivity index (χ3v) is 4.20. The van der Waals surface area contributed by atoms with Crippen molar-refractivity contribution in [3.8, 4) is 0 Å². The lowest BCUT2D eigenvalue weighted by Gasteiger charge is -2.24. The van der Waals surface area contributed by atoms with Crippen molar-refractivity contribution in [2.45, 2.75) is 15.8 Å². The fraction of sp³-hybridized carbons (Fsp3) is 0.0769. The van der Waals surface area contributed by atoms with Crippen molar-refractivity contribution in [3.63, 3.8) is 0 Å². The third kappa shape index (κ3) is 1.54. The van der Waals surface area contributed by atoms with Crippen molar-refractivity contribution < 1.29 is 0 Å². The van der Waals surface area contributed by atoms with Gasteiger partial charge < -0.3 is 5.73 Å². The molecule has 1 nitrogen and oxygen atoms in total. The van der Waals surface area contributed by atoms with Crippen LogP contribution in [0.25, 0.3) is 0 Å². The van der Waals surface area contributed by atoms with E-state index in [-0.39, 0.29) is 6.04 Å². The van der Waals surface area contributed by atoms with Gasteiger partial charge in [0.25, 0.3) is 0 Å². The van der Waals surface area contributed by atoms with Crippen LogP contribution in [-0.4, -0.2) is 0 Å². The summed E-state index contributed by atoms with van der Waals surface area (Å²) in [5.74, 6) is 0. The predicted octanol–water partition coefficient (Wildman–Crippen LogP) is 3.85. The van der Waals surface area contributed by atoms with Crippen LogP contribution < -0.4 is 5.73 Å². The van der Waals surface area contributed by atoms with E-state index in [0.717, 1.165) is 10.6 Å². The van der Waals surface area contributed by atoms with Crippen LogP contribution in [0.5, 0.6) is 0 Å². The number of halogens is 1. The minimum Gasteiger partial charge on any atom is -0.320 e. The van der Waals surface area contributed by atoms with E-state index in [1.807, 2.05) is 30.3 Å². The number of hydrogen-bond acceptors (Lipinski definition) is 2. The Morgan fingerprint density at radius 1 is 1.00 bits per heavy atom. The molecule has 2 aromatic carbocycles. The van der Waals surface area contributed by atoms with Crippen LogP contribution in [0.1, 0.15) is 17.2 Å². The maximum atomic E-state index is 6.25. The fourth-order valence-electron chi connectivity index (χ4n) is 1.97. The molecule has 3 rings (SSSR count). The number of benzene rings is 2. The summed E-state index contributed by atoms with van der Waals surface area (Å²) in [6.07, 6.45) is 0. The van der Waals surface area contributed by atoms with Gasteiger partial charge in [-0.2, -0.15) is 0 Å². The van der Waals surface area contributed by atoms with E-state index in [1.54, 1.807) is 11.8 Å². The van der Waals surface area contributed by atoms with Crippen LogP contribution in [0.3, 0.4) is 0 Å². The lowest BCUT2D eigenvalue weighted by atomic mass is 9.99. The highest BCUT2D eigenvalue weighted by Crippen LogP contribution is 2.44. The van der Waals surface area contributed by atoms with Gasteiger partial charge in [-0.1, -0.05) is 41.6 Å². The second-order valence-corrected chi connectivity index (χ2v) is 5.32. The Bertz CT molecular complexity index is 553. The molecule has 0 amide bonds. The van der Waals surface area contributed by atoms with Gasteiger partial charge in [0.15, 0.2) is 0 Å². The maximum absolute atomic E-state index is 6.25. The summed E-state index contributed by atoms with van der Waals surface area (Å²) >= 11 is 7.76. The second-order valence-electron chi connectivity index (χ2n) is 3.80. The highest BCUT2D eigenvalue weighted by Gasteiger charge is 2.22. The van der Waals surface area contributed by atoms with E-state index in [4.69, 9.17) is 17.3 Å². The summed E-state index contributed by atoms with van der Waals surface area (Å²) in [5, 5.41) is 0.745. The lowest BCUT2D eigenvalue weighted by molar-refractivity contribution is 0.815. The van der Waals surface area contributed by atoms with Crippen molar-refractivity contribution in [2.24, 2.45) is 5.73 Å². The van der Waals surface area contributed by atoms with Gasteiger partial charge in [0.05, 0.1) is 6.04 Å². The monoisotopic (exact) mass is 247 g/mol. The van der Waals surface area contributed by atoms with Crippen LogP contribution in [0.15, 0.2) is 52.3 Å². The van der Waals surface area contributed by atoms with Crippen molar-refractivity contribution in [1.82, 2.24) is 0 Å². The van der Waals surface area contributed by atoms with Gasteiger partial charge in [-0.15, -0.1) is 0 Å². The topological polar surface area (TPSA) is 26.0 Å². The Labute approximate surface area is 104 Å². The molecule has 2 N–H and O–H groups in total. The van der Waals surface area contributed by atoms with E-state index in [2.05, 4.69) is 12.1 Å². The summed E-state index contributed by atoms with van der Waals surface area (Å²) in [7, 11) is 0. The van der Waals surface area contributed by atoms with Gasteiger partial charge >= 0.3 is 0 Å². The summed E-state index contributed by atoms with van der Waals surface area (Å²) in [6.45, 7) is 0. The molecule has 1 unspecified atom stereocenters. The number of rotatable bonds is 0. The first-order valence-electron chi connectivity index (χ1n) is 5.07. The van der Waals surface area contributed by atoms with Crippen molar-refractivity contribution in [3.05, 3.63) is 58.6 Å². The van der Waals surface area contributed by atoms with E-state index in [1.165, 1.54) is 15.4 Å². The zero-order valence-corrected chi connectivity index (χ0v) is 10.1. The molecule has 2 aromatic rings. The van der Waals surface area contributed by atoms with Gasteiger partial charge in [0, 0.05) is 14.8 Å². The quantitative estimate of drug-likeness (QED) is 0.765. The van der Waals surface area contributed by atoms with Crippen LogP contribution in [0.4, 0.5) is 0 Å². The van der Waals surface area contributed by atoms with Crippen LogP contribution in [-0.2, 0) is 0 Å². The standard InChI is InChI=1S/C13H10ClNS/c14-8-5-6-12-10(7-8)13(15)9-3-1-2-4-11(9)16-12/h1-7,13H,15H2. The van der Waals surface area contributed by atoms with Crippen molar-refractivity contribution in [2.75, 3.05) is 0 Å². The first kappa shape index (κ1) is 10.2. The molecule has 16 heavy (non-hydrogen) atoms. The molecule has 0 spiro atoms. The van der Waals surface area contributed by atoms with Gasteiger partial charge in [0.2, 0.25) is 0 Å². The molecule has 0 fully saturated rings. The van der Waals surface area contributed by atoms with E-state index in [9.17, 15) is 0 Å². The van der Waals surface area contributed by atoms with Crippen LogP contribution in [0.2, 0.25) is 5.02 Å². The molecule has 0 aromatic heterocycles. The maximum Gasteiger partial charge on any atom is 0.0574 e. The van der Waals surface area contributed by atoms with Crippen LogP contribution >= 0.6 is 23.4 Å². The van der Waals surface area contributed by atoms with Gasteiger partial charge in [-0.05, 0) is 35.4 Å². The average molecular weight is 248 g/mol. The molecule has 0 bridgehead atoms. The molecule has 3 heteroatoms. The average Bonchev–Trinajstić information content (AvgIpc) is 2.31. The fourth-order valence-corrected chi connectivity index (χ4v) is 3.29. The SMILES string of the molecule is NC1c2ccccc2Sc2ccc(Cl)cc21. The predicted molar refractivity (Wildman–Crippen MR) is 68.0 cm³/mol. The number of hydrogen-bond donors (Lipinski definition) is 1. The minimum atomic E-state index is -0.0637. The highest BCUT2D eigenvalue weighted by atomic mass is 35.5. The van der Waals surface area contributed by atoms with Crippen molar-refractivity contribution in [1.29, 1.82) is 0 Å². The number of fused-ring (bicyclic) bond motifs is 2. The molecule has 1 aliphatic heterocycles. The summed E-state index contributed by atoms with van der Waals surface area (Å²) in [4.78, 5) is 2.44. The van der Waals surface area contributed by atoms with Crippen molar-refractivity contribution >= 4 is 23.4 Å². The second kappa shape index (κ2) is 3.81. The Morgan fingerprint density at radius 2 is 1.75 bits per heavy atom. The lowest BCUT2D eigenvalue weighted by Crippen LogP contribution is -2.16. The Hall–Kier alpha value is -0.960. The third-order valence-electron chi connectivity index (χ3n) is 2.78. The zero-order chi connectivity index (χ0) is 11.1. The smallest absolute Gasteiger partial charge is 0.0574 e. The number of nitrogens with two attached hydrogens (primary N) is 1. The van der Waals surface area contributed by atoms with E-state index < -0.39 is 0 Å². The van der Waals surface area contributed by atoms with Crippen LogP contribution in [0, 0.1) is 0 Å². The minimum absolute atomic E-state index is 0.0637. The molecule has 0 aliphatic carbocycles. The zero-order valence-electron chi connectivity index (χ0n) is 8.48. The largest absolute Gasteiger partial charge is 0.320 e. The van der Waals surface area contributed by atoms with Gasteiger partial charge in [0.1, 0.15) is 0 Å². The molecule has 0 saturated carbocycles. The molecule has 1 heterocycles. The molecule has 1 atom stereocenters. The Balaban J connectivity index is 2.19. The molecule has 1 aliphatic rings. The molecule has 0 saturated heterocycles. The molecular weight excluding hydrogens is 238 g/mol. The first-order chi connectivity index (χ1) is 7.75. The summed E-state index contributed by atoms with van der Waals surface area (Å²) in [6, 6.07) is 14.1. The Kier molecular flexibility index (Phi) is 2.43. The summed E-state index contributed by atoms with van der Waals surface area (Å²) < 4.78 is 0. The molecule has 80 valence electrons. The highest BCUT2D eigenvalue weighted by molar-refractivity contribution is 7.99. The first-order valence-corrected chi connectivity index (χ1v) is 6.27. The van der Waals surface area contributed by atoms with Gasteiger partial charge in [-0.25, -0.2) is 0 Å². The Morgan fingerprint density at radius 3 is 2.62 bits per heavy atom. The normalized spacial score (nSPS) is 17.8. The van der Waals surface area contributed by atoms with Gasteiger partial charge in [-0.3, -0.25) is 0 Å². The van der Waals surface area contributed by atoms with E-state index >= 15 is 0 Å². The van der Waals surface area contributed by atoms with E-state index in [0.29, 0.717) is 0 Å².